The van der Waals surface area contributed by atoms with E-state index in [0.717, 1.165) is 35.1 Å². The fourth-order valence-corrected chi connectivity index (χ4v) is 5.71. The number of carboxylic acid groups (broad SMARTS) is 1. The van der Waals surface area contributed by atoms with Crippen molar-refractivity contribution in [1.29, 1.82) is 0 Å². The number of fused-ring (bicyclic) bond motifs is 3. The fourth-order valence-electron chi connectivity index (χ4n) is 5.71. The van der Waals surface area contributed by atoms with Crippen molar-refractivity contribution in [2.24, 2.45) is 5.92 Å². The van der Waals surface area contributed by atoms with Gasteiger partial charge in [0.2, 0.25) is 0 Å². The van der Waals surface area contributed by atoms with Crippen LogP contribution in [0, 0.1) is 5.92 Å². The van der Waals surface area contributed by atoms with Gasteiger partial charge in [0, 0.05) is 25.0 Å². The zero-order chi connectivity index (χ0) is 24.4. The summed E-state index contributed by atoms with van der Waals surface area (Å²) in [6, 6.07) is 15.8. The fraction of sp³-hybridized carbons (Fsp3) is 0.444. The molecule has 184 valence electrons. The van der Waals surface area contributed by atoms with Crippen molar-refractivity contribution in [3.8, 4) is 11.1 Å². The molecule has 2 aromatic rings. The quantitative estimate of drug-likeness (QED) is 0.562. The van der Waals surface area contributed by atoms with Gasteiger partial charge in [-0.3, -0.25) is 9.59 Å². The summed E-state index contributed by atoms with van der Waals surface area (Å²) in [6.45, 7) is 0.579. The number of hydrogen-bond acceptors (Lipinski definition) is 5. The molecule has 0 bridgehead atoms. The Morgan fingerprint density at radius 3 is 2.31 bits per heavy atom. The highest BCUT2D eigenvalue weighted by molar-refractivity contribution is 5.83. The molecule has 3 aliphatic rings. The molecule has 1 saturated heterocycles. The molecule has 35 heavy (non-hydrogen) atoms. The standard InChI is InChI=1S/C27H30N2O6/c30-24(31)14-16-9-10-17(13-16)28-26(32)25-23(11-12-34-25)29-27(33)35-15-22-20-7-3-1-5-18(20)19-6-2-4-8-21(19)22/h1-8,16-17,22-23,25H,9-15H2,(H,28,32)(H,29,33)(H,30,31)/t16-,17+,23+,25-/m0/s1. The normalized spacial score (nSPS) is 25.0. The summed E-state index contributed by atoms with van der Waals surface area (Å²) in [6.07, 6.45) is 1.48. The molecule has 8 heteroatoms. The lowest BCUT2D eigenvalue weighted by atomic mass is 9.98. The van der Waals surface area contributed by atoms with Gasteiger partial charge in [-0.1, -0.05) is 48.5 Å². The first-order chi connectivity index (χ1) is 17.0. The SMILES string of the molecule is O=C(O)C[C@H]1CC[C@@H](NC(=O)[C@H]2OCC[C@H]2NC(=O)OCC2c3ccccc3-c3ccccc32)C1. The third kappa shape index (κ3) is 5.03. The van der Waals surface area contributed by atoms with Crippen LogP contribution in [0.15, 0.2) is 48.5 Å². The smallest absolute Gasteiger partial charge is 0.407 e. The van der Waals surface area contributed by atoms with E-state index in [1.165, 1.54) is 0 Å². The first kappa shape index (κ1) is 23.4. The van der Waals surface area contributed by atoms with E-state index in [1.807, 2.05) is 24.3 Å². The van der Waals surface area contributed by atoms with Gasteiger partial charge in [-0.2, -0.15) is 0 Å². The van der Waals surface area contributed by atoms with Crippen LogP contribution in [-0.4, -0.2) is 54.5 Å². The minimum Gasteiger partial charge on any atom is -0.481 e. The molecule has 0 unspecified atom stereocenters. The summed E-state index contributed by atoms with van der Waals surface area (Å²) in [5.74, 6) is -1.04. The summed E-state index contributed by atoms with van der Waals surface area (Å²) in [5.41, 5.74) is 4.60. The number of aliphatic carboxylic acids is 1. The van der Waals surface area contributed by atoms with E-state index in [0.29, 0.717) is 19.4 Å². The van der Waals surface area contributed by atoms with E-state index in [-0.39, 0.29) is 36.8 Å². The molecular weight excluding hydrogens is 448 g/mol. The number of hydrogen-bond donors (Lipinski definition) is 3. The molecule has 0 spiro atoms. The molecule has 5 rings (SSSR count). The van der Waals surface area contributed by atoms with E-state index in [9.17, 15) is 14.4 Å². The zero-order valence-electron chi connectivity index (χ0n) is 19.4. The molecule has 2 aromatic carbocycles. The van der Waals surface area contributed by atoms with E-state index < -0.39 is 24.2 Å². The Morgan fingerprint density at radius 1 is 0.943 bits per heavy atom. The Bertz CT molecular complexity index is 1070. The highest BCUT2D eigenvalue weighted by atomic mass is 16.6. The molecule has 1 heterocycles. The average Bonchev–Trinajstić information content (AvgIpc) is 3.55. The minimum absolute atomic E-state index is 0.0341. The van der Waals surface area contributed by atoms with Crippen LogP contribution in [0.25, 0.3) is 11.1 Å². The number of nitrogens with one attached hydrogen (secondary N) is 2. The van der Waals surface area contributed by atoms with Crippen molar-refractivity contribution in [3.63, 3.8) is 0 Å². The lowest BCUT2D eigenvalue weighted by Gasteiger charge is -2.22. The van der Waals surface area contributed by atoms with Gasteiger partial charge in [-0.15, -0.1) is 0 Å². The number of rotatable bonds is 7. The topological polar surface area (TPSA) is 114 Å². The number of amides is 2. The molecule has 2 fully saturated rings. The number of ether oxygens (including phenoxy) is 2. The highest BCUT2D eigenvalue weighted by Crippen LogP contribution is 2.44. The van der Waals surface area contributed by atoms with Crippen LogP contribution in [0.5, 0.6) is 0 Å². The van der Waals surface area contributed by atoms with Crippen molar-refractivity contribution in [3.05, 3.63) is 59.7 Å². The molecule has 0 aromatic heterocycles. The van der Waals surface area contributed by atoms with E-state index in [2.05, 4.69) is 34.9 Å². The third-order valence-corrected chi connectivity index (χ3v) is 7.35. The van der Waals surface area contributed by atoms with Crippen molar-refractivity contribution < 1.29 is 29.0 Å². The summed E-state index contributed by atoms with van der Waals surface area (Å²) >= 11 is 0. The van der Waals surface area contributed by atoms with E-state index in [1.54, 1.807) is 0 Å². The van der Waals surface area contributed by atoms with Gasteiger partial charge in [0.1, 0.15) is 6.61 Å². The lowest BCUT2D eigenvalue weighted by Crippen LogP contribution is -2.50. The van der Waals surface area contributed by atoms with Crippen molar-refractivity contribution in [2.75, 3.05) is 13.2 Å². The van der Waals surface area contributed by atoms with Crippen molar-refractivity contribution >= 4 is 18.0 Å². The molecule has 3 N–H and O–H groups in total. The summed E-state index contributed by atoms with van der Waals surface area (Å²) in [4.78, 5) is 36.4. The maximum absolute atomic E-state index is 12.8. The molecule has 8 nitrogen and oxygen atoms in total. The predicted molar refractivity (Wildman–Crippen MR) is 128 cm³/mol. The maximum atomic E-state index is 12.8. The van der Waals surface area contributed by atoms with Crippen LogP contribution >= 0.6 is 0 Å². The number of alkyl carbamates (subject to hydrolysis) is 1. The van der Waals surface area contributed by atoms with Gasteiger partial charge >= 0.3 is 12.1 Å². The van der Waals surface area contributed by atoms with Crippen LogP contribution in [0.3, 0.4) is 0 Å². The molecule has 1 saturated carbocycles. The Morgan fingerprint density at radius 2 is 1.63 bits per heavy atom. The number of benzene rings is 2. The van der Waals surface area contributed by atoms with Crippen LogP contribution in [0.4, 0.5) is 4.79 Å². The second-order valence-corrected chi connectivity index (χ2v) is 9.64. The summed E-state index contributed by atoms with van der Waals surface area (Å²) < 4.78 is 11.2. The van der Waals surface area contributed by atoms with Crippen LogP contribution in [-0.2, 0) is 19.1 Å². The minimum atomic E-state index is -0.812. The number of carbonyl (C=O) groups excluding carboxylic acids is 2. The number of carboxylic acids is 1. The van der Waals surface area contributed by atoms with Gasteiger partial charge in [0.25, 0.3) is 5.91 Å². The van der Waals surface area contributed by atoms with Crippen LogP contribution in [0.2, 0.25) is 0 Å². The largest absolute Gasteiger partial charge is 0.481 e. The molecule has 4 atom stereocenters. The molecule has 0 radical (unpaired) electrons. The molecule has 2 aliphatic carbocycles. The van der Waals surface area contributed by atoms with E-state index in [4.69, 9.17) is 14.6 Å². The summed E-state index contributed by atoms with van der Waals surface area (Å²) in [5, 5.41) is 14.8. The maximum Gasteiger partial charge on any atom is 0.407 e. The van der Waals surface area contributed by atoms with Crippen LogP contribution in [0.1, 0.15) is 49.1 Å². The van der Waals surface area contributed by atoms with Gasteiger partial charge in [-0.05, 0) is 53.9 Å². The highest BCUT2D eigenvalue weighted by Gasteiger charge is 2.38. The Kier molecular flexibility index (Phi) is 6.72. The van der Waals surface area contributed by atoms with Crippen molar-refractivity contribution in [1.82, 2.24) is 10.6 Å². The Labute approximate surface area is 204 Å². The van der Waals surface area contributed by atoms with E-state index >= 15 is 0 Å². The number of carbonyl (C=O) groups is 3. The molecule has 1 aliphatic heterocycles. The molecular formula is C27H30N2O6. The third-order valence-electron chi connectivity index (χ3n) is 7.35. The first-order valence-corrected chi connectivity index (χ1v) is 12.2. The van der Waals surface area contributed by atoms with Gasteiger partial charge in [-0.25, -0.2) is 4.79 Å². The Hall–Kier alpha value is -3.39. The predicted octanol–water partition coefficient (Wildman–Crippen LogP) is 3.44. The molecule has 2 amide bonds. The van der Waals surface area contributed by atoms with Crippen molar-refractivity contribution in [2.45, 2.75) is 56.2 Å². The van der Waals surface area contributed by atoms with Crippen LogP contribution < -0.4 is 10.6 Å². The van der Waals surface area contributed by atoms with Gasteiger partial charge in [0.15, 0.2) is 6.10 Å². The Balaban J connectivity index is 1.15. The zero-order valence-corrected chi connectivity index (χ0v) is 19.4. The summed E-state index contributed by atoms with van der Waals surface area (Å²) in [7, 11) is 0. The van der Waals surface area contributed by atoms with Gasteiger partial charge in [0.05, 0.1) is 6.04 Å². The van der Waals surface area contributed by atoms with Gasteiger partial charge < -0.3 is 25.2 Å². The lowest BCUT2D eigenvalue weighted by molar-refractivity contribution is -0.138. The average molecular weight is 479 g/mol. The monoisotopic (exact) mass is 478 g/mol. The second-order valence-electron chi connectivity index (χ2n) is 9.64. The first-order valence-electron chi connectivity index (χ1n) is 12.2. The second kappa shape index (κ2) is 10.1.